The molecule has 6 heteroatoms. The van der Waals surface area contributed by atoms with Gasteiger partial charge in [-0.2, -0.15) is 5.10 Å². The quantitative estimate of drug-likeness (QED) is 0.544. The maximum absolute atomic E-state index is 5.44. The summed E-state index contributed by atoms with van der Waals surface area (Å²) in [6.45, 7) is 7.71. The number of benzene rings is 2. The maximum atomic E-state index is 5.44. The van der Waals surface area contributed by atoms with E-state index < -0.39 is 0 Å². The lowest BCUT2D eigenvalue weighted by atomic mass is 10.0. The van der Waals surface area contributed by atoms with Gasteiger partial charge < -0.3 is 15.0 Å². The Bertz CT molecular complexity index is 1180. The largest absolute Gasteiger partial charge is 0.378 e. The second-order valence-corrected chi connectivity index (χ2v) is 7.71. The Kier molecular flexibility index (Phi) is 4.85. The topological polar surface area (TPSA) is 54.7 Å². The summed E-state index contributed by atoms with van der Waals surface area (Å²) < 4.78 is 7.25. The normalized spacial score (nSPS) is 14.3. The molecule has 152 valence electrons. The minimum atomic E-state index is 0.790. The Labute approximate surface area is 176 Å². The van der Waals surface area contributed by atoms with Crippen LogP contribution in [0.1, 0.15) is 11.1 Å². The number of nitrogens with one attached hydrogen (secondary N) is 1. The number of rotatable bonds is 4. The van der Waals surface area contributed by atoms with E-state index in [1.54, 1.807) is 0 Å². The van der Waals surface area contributed by atoms with Gasteiger partial charge in [-0.3, -0.25) is 0 Å². The highest BCUT2D eigenvalue weighted by Gasteiger charge is 2.12. The first kappa shape index (κ1) is 18.6. The van der Waals surface area contributed by atoms with Crippen molar-refractivity contribution in [2.24, 2.45) is 0 Å². The van der Waals surface area contributed by atoms with Crippen LogP contribution in [-0.4, -0.2) is 40.9 Å². The average molecular weight is 399 g/mol. The van der Waals surface area contributed by atoms with Crippen molar-refractivity contribution in [1.82, 2.24) is 14.6 Å². The van der Waals surface area contributed by atoms with Crippen molar-refractivity contribution in [3.8, 4) is 11.1 Å². The summed E-state index contributed by atoms with van der Waals surface area (Å²) in [6.07, 6.45) is 3.82. The summed E-state index contributed by atoms with van der Waals surface area (Å²) >= 11 is 0. The van der Waals surface area contributed by atoms with Crippen LogP contribution in [0.4, 0.5) is 17.2 Å². The Morgan fingerprint density at radius 2 is 1.73 bits per heavy atom. The van der Waals surface area contributed by atoms with E-state index in [9.17, 15) is 0 Å². The summed E-state index contributed by atoms with van der Waals surface area (Å²) in [5.41, 5.74) is 7.79. The summed E-state index contributed by atoms with van der Waals surface area (Å²) in [4.78, 5) is 7.18. The van der Waals surface area contributed by atoms with Gasteiger partial charge in [-0.25, -0.2) is 9.50 Å². The lowest BCUT2D eigenvalue weighted by molar-refractivity contribution is 0.122. The van der Waals surface area contributed by atoms with Crippen molar-refractivity contribution in [2.75, 3.05) is 36.5 Å². The standard InChI is InChI=1S/C24H25N5O/c1-17-3-4-19(15-18(17)2)22-16-25-29-10-9-23(27-24(22)29)26-20-5-7-21(8-6-20)28-11-13-30-14-12-28/h3-10,15-16H,11-14H2,1-2H3,(H,26,27). The van der Waals surface area contributed by atoms with Crippen LogP contribution >= 0.6 is 0 Å². The van der Waals surface area contributed by atoms with Crippen LogP contribution in [0.5, 0.6) is 0 Å². The summed E-state index contributed by atoms with van der Waals surface area (Å²) in [5, 5.41) is 7.89. The second kappa shape index (κ2) is 7.80. The molecule has 0 bridgehead atoms. The van der Waals surface area contributed by atoms with Gasteiger partial charge in [0.25, 0.3) is 0 Å². The zero-order chi connectivity index (χ0) is 20.5. The fraction of sp³-hybridized carbons (Fsp3) is 0.250. The minimum absolute atomic E-state index is 0.790. The summed E-state index contributed by atoms with van der Waals surface area (Å²) in [7, 11) is 0. The van der Waals surface area contributed by atoms with Gasteiger partial charge in [0.05, 0.1) is 19.4 Å². The molecule has 1 aliphatic heterocycles. The molecule has 1 N–H and O–H groups in total. The molecule has 5 rings (SSSR count). The van der Waals surface area contributed by atoms with Crippen molar-refractivity contribution in [3.05, 3.63) is 72.1 Å². The molecule has 0 saturated carbocycles. The molecule has 2 aromatic carbocycles. The number of ether oxygens (including phenoxy) is 1. The van der Waals surface area contributed by atoms with E-state index in [4.69, 9.17) is 9.72 Å². The third kappa shape index (κ3) is 3.62. The summed E-state index contributed by atoms with van der Waals surface area (Å²) in [6, 6.07) is 16.9. The van der Waals surface area contributed by atoms with Crippen molar-refractivity contribution in [1.29, 1.82) is 0 Å². The molecule has 0 spiro atoms. The molecular formula is C24H25N5O. The number of nitrogens with zero attached hydrogens (tertiary/aromatic N) is 4. The third-order valence-corrected chi connectivity index (χ3v) is 5.70. The number of fused-ring (bicyclic) bond motifs is 1. The zero-order valence-electron chi connectivity index (χ0n) is 17.3. The monoisotopic (exact) mass is 399 g/mol. The summed E-state index contributed by atoms with van der Waals surface area (Å²) in [5.74, 6) is 0.798. The Hall–Kier alpha value is -3.38. The van der Waals surface area contributed by atoms with E-state index in [2.05, 4.69) is 71.6 Å². The van der Waals surface area contributed by atoms with Crippen LogP contribution in [0.3, 0.4) is 0 Å². The molecule has 30 heavy (non-hydrogen) atoms. The highest BCUT2D eigenvalue weighted by atomic mass is 16.5. The van der Waals surface area contributed by atoms with Crippen molar-refractivity contribution >= 4 is 22.8 Å². The van der Waals surface area contributed by atoms with E-state index in [0.29, 0.717) is 0 Å². The predicted octanol–water partition coefficient (Wildman–Crippen LogP) is 4.59. The van der Waals surface area contributed by atoms with E-state index in [1.165, 1.54) is 16.8 Å². The van der Waals surface area contributed by atoms with E-state index in [0.717, 1.165) is 54.6 Å². The van der Waals surface area contributed by atoms with Gasteiger partial charge in [-0.05, 0) is 60.9 Å². The lowest BCUT2D eigenvalue weighted by Crippen LogP contribution is -2.36. The van der Waals surface area contributed by atoms with Gasteiger partial charge in [0.2, 0.25) is 0 Å². The van der Waals surface area contributed by atoms with Crippen LogP contribution < -0.4 is 10.2 Å². The number of aryl methyl sites for hydroxylation is 2. The SMILES string of the molecule is Cc1ccc(-c2cnn3ccc(Nc4ccc(N5CCOCC5)cc4)nc23)cc1C. The molecule has 0 aliphatic carbocycles. The molecule has 0 atom stereocenters. The number of hydrogen-bond donors (Lipinski definition) is 1. The van der Waals surface area contributed by atoms with Crippen LogP contribution in [-0.2, 0) is 4.74 Å². The van der Waals surface area contributed by atoms with Crippen LogP contribution in [0, 0.1) is 13.8 Å². The Morgan fingerprint density at radius 1 is 0.933 bits per heavy atom. The van der Waals surface area contributed by atoms with Gasteiger partial charge >= 0.3 is 0 Å². The van der Waals surface area contributed by atoms with Crippen LogP contribution in [0.2, 0.25) is 0 Å². The molecular weight excluding hydrogens is 374 g/mol. The fourth-order valence-electron chi connectivity index (χ4n) is 3.78. The van der Waals surface area contributed by atoms with E-state index in [1.807, 2.05) is 23.0 Å². The van der Waals surface area contributed by atoms with Crippen LogP contribution in [0.25, 0.3) is 16.8 Å². The number of aromatic nitrogens is 3. The highest BCUT2D eigenvalue weighted by molar-refractivity contribution is 5.78. The van der Waals surface area contributed by atoms with E-state index >= 15 is 0 Å². The van der Waals surface area contributed by atoms with Crippen molar-refractivity contribution in [3.63, 3.8) is 0 Å². The van der Waals surface area contributed by atoms with Crippen LogP contribution in [0.15, 0.2) is 60.9 Å². The first-order valence-corrected chi connectivity index (χ1v) is 10.3. The molecule has 0 unspecified atom stereocenters. The van der Waals surface area contributed by atoms with Gasteiger partial charge in [0.1, 0.15) is 5.82 Å². The molecule has 2 aromatic heterocycles. The third-order valence-electron chi connectivity index (χ3n) is 5.70. The molecule has 0 amide bonds. The van der Waals surface area contributed by atoms with Crippen molar-refractivity contribution in [2.45, 2.75) is 13.8 Å². The Morgan fingerprint density at radius 3 is 2.50 bits per heavy atom. The molecule has 6 nitrogen and oxygen atoms in total. The van der Waals surface area contributed by atoms with Gasteiger partial charge in [0.15, 0.2) is 5.65 Å². The van der Waals surface area contributed by atoms with E-state index in [-0.39, 0.29) is 0 Å². The molecule has 1 aliphatic rings. The number of anilines is 3. The van der Waals surface area contributed by atoms with Crippen molar-refractivity contribution < 1.29 is 4.74 Å². The molecule has 3 heterocycles. The molecule has 4 aromatic rings. The maximum Gasteiger partial charge on any atom is 0.165 e. The fourth-order valence-corrected chi connectivity index (χ4v) is 3.78. The number of hydrogen-bond acceptors (Lipinski definition) is 5. The smallest absolute Gasteiger partial charge is 0.165 e. The first-order valence-electron chi connectivity index (χ1n) is 10.3. The van der Waals surface area contributed by atoms with Gasteiger partial charge in [-0.15, -0.1) is 0 Å². The predicted molar refractivity (Wildman–Crippen MR) is 121 cm³/mol. The zero-order valence-corrected chi connectivity index (χ0v) is 17.3. The average Bonchev–Trinajstić information content (AvgIpc) is 3.20. The molecule has 1 saturated heterocycles. The molecule has 1 fully saturated rings. The Balaban J connectivity index is 1.40. The number of morpholine rings is 1. The van der Waals surface area contributed by atoms with Gasteiger partial charge in [0, 0.05) is 36.2 Å². The lowest BCUT2D eigenvalue weighted by Gasteiger charge is -2.28. The minimum Gasteiger partial charge on any atom is -0.378 e. The first-order chi connectivity index (χ1) is 14.7. The van der Waals surface area contributed by atoms with Gasteiger partial charge in [-0.1, -0.05) is 18.2 Å². The molecule has 0 radical (unpaired) electrons. The second-order valence-electron chi connectivity index (χ2n) is 7.71. The highest BCUT2D eigenvalue weighted by Crippen LogP contribution is 2.27.